The zero-order valence-corrected chi connectivity index (χ0v) is 24.2. The number of carbonyl (C=O) groups excluding carboxylic acids is 3. The van der Waals surface area contributed by atoms with Gasteiger partial charge in [0.1, 0.15) is 5.75 Å². The Labute approximate surface area is 260 Å². The number of carboxylic acid groups (broad SMARTS) is 4. The van der Waals surface area contributed by atoms with Gasteiger partial charge in [-0.05, 0) is 31.0 Å². The minimum absolute atomic E-state index is 0. The molecule has 0 amide bonds. The van der Waals surface area contributed by atoms with Crippen molar-refractivity contribution in [3.8, 4) is 5.75 Å². The van der Waals surface area contributed by atoms with Gasteiger partial charge >= 0.3 is 45.9 Å². The number of carboxylic acids is 4. The van der Waals surface area contributed by atoms with E-state index in [0.29, 0.717) is 18.8 Å². The number of carbonyl (C=O) groups is 4. The molecule has 1 aliphatic heterocycles. The summed E-state index contributed by atoms with van der Waals surface area (Å²) in [5, 5.41) is 43.8. The third-order valence-corrected chi connectivity index (χ3v) is 6.26. The molecule has 1 fully saturated rings. The molecule has 14 heteroatoms. The predicted molar refractivity (Wildman–Crippen MR) is 129 cm³/mol. The van der Waals surface area contributed by atoms with Crippen molar-refractivity contribution in [1.29, 1.82) is 0 Å². The van der Waals surface area contributed by atoms with Gasteiger partial charge in [0.05, 0.1) is 31.1 Å². The molecule has 217 valence electrons. The number of ether oxygens (including phenoxy) is 1. The van der Waals surface area contributed by atoms with E-state index >= 15 is 0 Å². The molecule has 0 spiro atoms. The molecule has 13 nitrogen and oxygen atoms in total. The zero-order valence-electron chi connectivity index (χ0n) is 21.9. The molecule has 1 atom stereocenters. The molecule has 1 aliphatic rings. The maximum absolute atomic E-state index is 11.7. The minimum atomic E-state index is -1.32. The van der Waals surface area contributed by atoms with E-state index in [1.807, 2.05) is 19.1 Å². The van der Waals surface area contributed by atoms with Crippen molar-refractivity contribution >= 4 is 23.9 Å². The Hall–Kier alpha value is -1.94. The summed E-state index contributed by atoms with van der Waals surface area (Å²) in [6.07, 6.45) is 0.366. The monoisotopic (exact) mass is 693 g/mol. The molecule has 39 heavy (non-hydrogen) atoms. The Balaban J connectivity index is 0.00000760. The van der Waals surface area contributed by atoms with Crippen LogP contribution in [0.1, 0.15) is 12.5 Å². The van der Waals surface area contributed by atoms with E-state index < -0.39 is 49.6 Å². The van der Waals surface area contributed by atoms with Crippen LogP contribution in [0.4, 0.5) is 0 Å². The summed E-state index contributed by atoms with van der Waals surface area (Å²) in [7, 11) is 0. The van der Waals surface area contributed by atoms with Crippen LogP contribution < -0.4 is 20.1 Å². The molecular weight excluding hydrogens is 658 g/mol. The van der Waals surface area contributed by atoms with E-state index in [0.717, 1.165) is 5.56 Å². The average molecular weight is 693 g/mol. The van der Waals surface area contributed by atoms with Gasteiger partial charge in [-0.1, -0.05) is 12.1 Å². The summed E-state index contributed by atoms with van der Waals surface area (Å²) in [4.78, 5) is 52.3. The Morgan fingerprint density at radius 2 is 1.28 bits per heavy atom. The van der Waals surface area contributed by atoms with Crippen LogP contribution in [0.2, 0.25) is 0 Å². The Morgan fingerprint density at radius 1 is 0.795 bits per heavy atom. The Morgan fingerprint density at radius 3 is 1.79 bits per heavy atom. The molecule has 0 unspecified atom stereocenters. The zero-order chi connectivity index (χ0) is 28.1. The normalized spacial score (nSPS) is 18.7. The fraction of sp³-hybridized carbons (Fsp3) is 0.600. The van der Waals surface area contributed by atoms with Gasteiger partial charge in [-0.2, -0.15) is 0 Å². The van der Waals surface area contributed by atoms with Crippen LogP contribution in [0.5, 0.6) is 5.75 Å². The summed E-state index contributed by atoms with van der Waals surface area (Å²) < 4.78 is 5.48. The molecule has 0 aromatic heterocycles. The molecule has 1 heterocycles. The maximum atomic E-state index is 11.7. The van der Waals surface area contributed by atoms with E-state index in [-0.39, 0.29) is 92.3 Å². The van der Waals surface area contributed by atoms with Crippen molar-refractivity contribution < 1.29 is 84.3 Å². The molecule has 2 rings (SSSR count). The van der Waals surface area contributed by atoms with Crippen LogP contribution in [0.3, 0.4) is 0 Å². The number of rotatable bonds is 12. The second-order valence-electron chi connectivity index (χ2n) is 9.20. The van der Waals surface area contributed by atoms with Gasteiger partial charge in [0.15, 0.2) is 0 Å². The summed E-state index contributed by atoms with van der Waals surface area (Å²) in [6, 6.07) is 6.80. The number of hydrogen-bond acceptors (Lipinski definition) is 12. The van der Waals surface area contributed by atoms with Gasteiger partial charge in [0, 0.05) is 71.5 Å². The molecule has 1 aromatic carbocycles. The van der Waals surface area contributed by atoms with Crippen LogP contribution in [0, 0.1) is 39.9 Å². The molecule has 1 N–H and O–H groups in total. The SMILES string of the molecule is CCOc1ccc(C[C@H]2CN(CC(=O)[O-])CCN(CC(=O)[O-])CCN(CC(=O)O)CCN2CC(=O)[O-])cc1.[Gd+3]. The second kappa shape index (κ2) is 18.4. The van der Waals surface area contributed by atoms with Crippen LogP contribution >= 0.6 is 0 Å². The number of nitrogens with zero attached hydrogens (tertiary/aromatic N) is 4. The van der Waals surface area contributed by atoms with Crippen LogP contribution in [0.15, 0.2) is 24.3 Å². The molecule has 1 radical (unpaired) electrons. The van der Waals surface area contributed by atoms with E-state index in [4.69, 9.17) is 4.74 Å². The topological polar surface area (TPSA) is 180 Å². The van der Waals surface area contributed by atoms with Gasteiger partial charge < -0.3 is 39.5 Å². The second-order valence-corrected chi connectivity index (χ2v) is 9.20. The van der Waals surface area contributed by atoms with Crippen molar-refractivity contribution in [3.63, 3.8) is 0 Å². The van der Waals surface area contributed by atoms with E-state index in [2.05, 4.69) is 0 Å². The molecule has 0 saturated carbocycles. The quantitative estimate of drug-likeness (QED) is 0.222. The molecule has 1 saturated heterocycles. The number of benzene rings is 1. The first kappa shape index (κ1) is 35.1. The third kappa shape index (κ3) is 14.3. The van der Waals surface area contributed by atoms with Gasteiger partial charge in [0.25, 0.3) is 0 Å². The van der Waals surface area contributed by atoms with Crippen LogP contribution in [-0.2, 0) is 25.6 Å². The van der Waals surface area contributed by atoms with Gasteiger partial charge in [0.2, 0.25) is 0 Å². The van der Waals surface area contributed by atoms with Gasteiger partial charge in [-0.25, -0.2) is 0 Å². The van der Waals surface area contributed by atoms with E-state index in [1.54, 1.807) is 31.7 Å². The van der Waals surface area contributed by atoms with Crippen LogP contribution in [0.25, 0.3) is 0 Å². The fourth-order valence-electron chi connectivity index (χ4n) is 4.49. The third-order valence-electron chi connectivity index (χ3n) is 6.26. The first-order valence-electron chi connectivity index (χ1n) is 12.5. The summed E-state index contributed by atoms with van der Waals surface area (Å²) >= 11 is 0. The molecule has 1 aromatic rings. The largest absolute Gasteiger partial charge is 3.00 e. The Kier molecular flexibility index (Phi) is 16.6. The predicted octanol–water partition coefficient (Wildman–Crippen LogP) is -4.45. The van der Waals surface area contributed by atoms with Gasteiger partial charge in [-0.3, -0.25) is 24.4 Å². The van der Waals surface area contributed by atoms with Crippen LogP contribution in [-0.4, -0.2) is 133 Å². The van der Waals surface area contributed by atoms with Gasteiger partial charge in [-0.15, -0.1) is 0 Å². The molecule has 0 aliphatic carbocycles. The summed E-state index contributed by atoms with van der Waals surface area (Å²) in [5.41, 5.74) is 0.864. The first-order valence-corrected chi connectivity index (χ1v) is 12.5. The first-order chi connectivity index (χ1) is 18.0. The molecule has 0 bridgehead atoms. The standard InChI is InChI=1S/C25H38N4O9.Gd/c1-2-38-21-5-3-19(4-6-21)13-20-14-28(17-24(34)35)10-9-26(15-22(30)31)7-8-27(16-23(32)33)11-12-29(20)18-25(36)37;/h3-6,20H,2,7-18H2,1H3,(H,30,31)(H,32,33)(H,34,35)(H,36,37);/q;+3/p-3/t20-;/m0./s1. The van der Waals surface area contributed by atoms with Crippen molar-refractivity contribution in [1.82, 2.24) is 19.6 Å². The summed E-state index contributed by atoms with van der Waals surface area (Å²) in [6.45, 7) is 2.07. The van der Waals surface area contributed by atoms with E-state index in [1.165, 1.54) is 0 Å². The van der Waals surface area contributed by atoms with Crippen molar-refractivity contribution in [2.75, 3.05) is 78.6 Å². The van der Waals surface area contributed by atoms with Crippen molar-refractivity contribution in [3.05, 3.63) is 29.8 Å². The number of hydrogen-bond donors (Lipinski definition) is 1. The van der Waals surface area contributed by atoms with Crippen molar-refractivity contribution in [2.24, 2.45) is 0 Å². The average Bonchev–Trinajstić information content (AvgIpc) is 2.82. The van der Waals surface area contributed by atoms with Crippen molar-refractivity contribution in [2.45, 2.75) is 19.4 Å². The minimum Gasteiger partial charge on any atom is -0.549 e. The number of aliphatic carboxylic acids is 4. The summed E-state index contributed by atoms with van der Waals surface area (Å²) in [5.74, 6) is -4.33. The van der Waals surface area contributed by atoms with E-state index in [9.17, 15) is 39.6 Å². The Bertz CT molecular complexity index is 935. The smallest absolute Gasteiger partial charge is 0.549 e. The molecular formula is C25H35GdN4O9. The fourth-order valence-corrected chi connectivity index (χ4v) is 4.49. The maximum Gasteiger partial charge on any atom is 3.00 e.